The summed E-state index contributed by atoms with van der Waals surface area (Å²) in [7, 11) is 0. The lowest BCUT2D eigenvalue weighted by atomic mass is 10.0. The molecule has 0 bridgehead atoms. The Kier molecular flexibility index (Phi) is 1.65. The summed E-state index contributed by atoms with van der Waals surface area (Å²) >= 11 is 0. The molecule has 2 rings (SSSR count). The van der Waals surface area contributed by atoms with Crippen molar-refractivity contribution in [2.75, 3.05) is 0 Å². The summed E-state index contributed by atoms with van der Waals surface area (Å²) in [6.45, 7) is 0. The van der Waals surface area contributed by atoms with E-state index in [0.717, 1.165) is 12.3 Å². The van der Waals surface area contributed by atoms with Gasteiger partial charge in [-0.25, -0.2) is 13.8 Å². The van der Waals surface area contributed by atoms with Crippen molar-refractivity contribution in [3.63, 3.8) is 0 Å². The van der Waals surface area contributed by atoms with Crippen LogP contribution in [0.25, 0.3) is 0 Å². The molecule has 2 aliphatic rings. The predicted octanol–water partition coefficient (Wildman–Crippen LogP) is 1.13. The Morgan fingerprint density at radius 3 is 2.92 bits per heavy atom. The molecular weight excluding hydrogens is 178 g/mol. The molecular formula is C8H4F2N2O. The minimum absolute atomic E-state index is 0.243. The van der Waals surface area contributed by atoms with Crippen molar-refractivity contribution in [3.05, 3.63) is 23.8 Å². The Balaban J connectivity index is 2.48. The van der Waals surface area contributed by atoms with Gasteiger partial charge in [0.05, 0.1) is 6.21 Å². The number of rotatable bonds is 0. The third-order valence-electron chi connectivity index (χ3n) is 1.72. The average Bonchev–Trinajstić information content (AvgIpc) is 2.12. The lowest BCUT2D eigenvalue weighted by molar-refractivity contribution is -0.111. The van der Waals surface area contributed by atoms with Gasteiger partial charge in [0.2, 0.25) is 0 Å². The van der Waals surface area contributed by atoms with E-state index in [-0.39, 0.29) is 5.71 Å². The minimum Gasteiger partial charge on any atom is -0.273 e. The molecule has 1 atom stereocenters. The smallest absolute Gasteiger partial charge is 0.273 e. The maximum atomic E-state index is 13.0. The molecule has 0 saturated heterocycles. The van der Waals surface area contributed by atoms with Crippen LogP contribution in [0, 0.1) is 0 Å². The second-order valence-corrected chi connectivity index (χ2v) is 2.58. The number of allylic oxidation sites excluding steroid dienone is 2. The van der Waals surface area contributed by atoms with Gasteiger partial charge in [-0.3, -0.25) is 9.79 Å². The van der Waals surface area contributed by atoms with E-state index in [1.165, 1.54) is 6.08 Å². The summed E-state index contributed by atoms with van der Waals surface area (Å²) in [5.41, 5.74) is -0.243. The summed E-state index contributed by atoms with van der Waals surface area (Å²) in [5, 5.41) is 0. The zero-order valence-corrected chi connectivity index (χ0v) is 6.37. The topological polar surface area (TPSA) is 41.8 Å². The van der Waals surface area contributed by atoms with Gasteiger partial charge in [0.1, 0.15) is 11.8 Å². The van der Waals surface area contributed by atoms with Crippen LogP contribution in [-0.4, -0.2) is 23.9 Å². The largest absolute Gasteiger partial charge is 0.288 e. The first-order valence-electron chi connectivity index (χ1n) is 3.58. The van der Waals surface area contributed by atoms with Crippen molar-refractivity contribution in [3.8, 4) is 0 Å². The Bertz CT molecular complexity index is 393. The molecule has 3 nitrogen and oxygen atoms in total. The standard InChI is InChI=1S/C8H4F2N2O/c9-4-1-2-5-8(7(4)10)12-6(13)3-11-5/h1-3,5H. The molecule has 1 unspecified atom stereocenters. The minimum atomic E-state index is -1.10. The van der Waals surface area contributed by atoms with E-state index in [0.29, 0.717) is 0 Å². The van der Waals surface area contributed by atoms with Gasteiger partial charge in [0.25, 0.3) is 5.91 Å². The Morgan fingerprint density at radius 1 is 1.38 bits per heavy atom. The van der Waals surface area contributed by atoms with E-state index >= 15 is 0 Å². The second-order valence-electron chi connectivity index (χ2n) is 2.58. The average molecular weight is 182 g/mol. The lowest BCUT2D eigenvalue weighted by Gasteiger charge is -2.15. The van der Waals surface area contributed by atoms with Crippen molar-refractivity contribution in [1.29, 1.82) is 0 Å². The molecule has 0 N–H and O–H groups in total. The lowest BCUT2D eigenvalue weighted by Crippen LogP contribution is -2.26. The van der Waals surface area contributed by atoms with Crippen LogP contribution in [0.2, 0.25) is 0 Å². The Labute approximate surface area is 72.2 Å². The highest BCUT2D eigenvalue weighted by molar-refractivity contribution is 6.33. The number of amides is 1. The van der Waals surface area contributed by atoms with Crippen LogP contribution < -0.4 is 0 Å². The molecule has 1 heterocycles. The normalized spacial score (nSPS) is 26.2. The van der Waals surface area contributed by atoms with Gasteiger partial charge in [-0.2, -0.15) is 0 Å². The summed E-state index contributed by atoms with van der Waals surface area (Å²) < 4.78 is 25.6. The van der Waals surface area contributed by atoms with Crippen LogP contribution in [0.4, 0.5) is 8.78 Å². The highest BCUT2D eigenvalue weighted by atomic mass is 19.2. The maximum absolute atomic E-state index is 13.0. The van der Waals surface area contributed by atoms with E-state index in [2.05, 4.69) is 9.98 Å². The zero-order chi connectivity index (χ0) is 9.42. The van der Waals surface area contributed by atoms with Crippen molar-refractivity contribution in [2.24, 2.45) is 9.98 Å². The van der Waals surface area contributed by atoms with E-state index in [9.17, 15) is 13.6 Å². The molecule has 1 amide bonds. The number of nitrogens with zero attached hydrogens (tertiary/aromatic N) is 2. The van der Waals surface area contributed by atoms with Crippen LogP contribution in [0.1, 0.15) is 0 Å². The number of halogens is 2. The number of fused-ring (bicyclic) bond motifs is 1. The fourth-order valence-corrected chi connectivity index (χ4v) is 1.12. The van der Waals surface area contributed by atoms with E-state index < -0.39 is 23.6 Å². The molecule has 0 spiro atoms. The number of carbonyl (C=O) groups excluding carboxylic acids is 1. The van der Waals surface area contributed by atoms with Crippen LogP contribution in [0.5, 0.6) is 0 Å². The van der Waals surface area contributed by atoms with Gasteiger partial charge in [-0.05, 0) is 6.08 Å². The van der Waals surface area contributed by atoms with E-state index in [1.807, 2.05) is 0 Å². The molecule has 0 radical (unpaired) electrons. The second kappa shape index (κ2) is 2.69. The van der Waals surface area contributed by atoms with Gasteiger partial charge < -0.3 is 0 Å². The molecule has 0 saturated carbocycles. The van der Waals surface area contributed by atoms with E-state index in [4.69, 9.17) is 0 Å². The van der Waals surface area contributed by atoms with Gasteiger partial charge in [0.15, 0.2) is 11.7 Å². The third kappa shape index (κ3) is 1.22. The van der Waals surface area contributed by atoms with Crippen LogP contribution in [-0.2, 0) is 4.79 Å². The number of hydrogen-bond donors (Lipinski definition) is 0. The first kappa shape index (κ1) is 7.97. The van der Waals surface area contributed by atoms with Crippen LogP contribution in [0.3, 0.4) is 0 Å². The zero-order valence-electron chi connectivity index (χ0n) is 6.37. The fourth-order valence-electron chi connectivity index (χ4n) is 1.12. The molecule has 0 fully saturated rings. The van der Waals surface area contributed by atoms with Crippen molar-refractivity contribution in [1.82, 2.24) is 0 Å². The molecule has 5 heteroatoms. The molecule has 0 aromatic carbocycles. The first-order valence-corrected chi connectivity index (χ1v) is 3.58. The molecule has 13 heavy (non-hydrogen) atoms. The van der Waals surface area contributed by atoms with Gasteiger partial charge in [-0.15, -0.1) is 0 Å². The molecule has 1 aliphatic heterocycles. The van der Waals surface area contributed by atoms with E-state index in [1.54, 1.807) is 0 Å². The SMILES string of the molecule is O=C1C=NC2C=CC(F)=C(F)C2=N1. The highest BCUT2D eigenvalue weighted by Gasteiger charge is 2.27. The van der Waals surface area contributed by atoms with Crippen LogP contribution in [0.15, 0.2) is 33.8 Å². The molecule has 0 aromatic rings. The van der Waals surface area contributed by atoms with Crippen molar-refractivity contribution < 1.29 is 13.6 Å². The van der Waals surface area contributed by atoms with Crippen molar-refractivity contribution >= 4 is 17.8 Å². The quantitative estimate of drug-likeness (QED) is 0.553. The maximum Gasteiger partial charge on any atom is 0.288 e. The number of aliphatic imine (C=N–C) groups is 2. The third-order valence-corrected chi connectivity index (χ3v) is 1.72. The summed E-state index contributed by atoms with van der Waals surface area (Å²) in [6.07, 6.45) is 3.32. The monoisotopic (exact) mass is 182 g/mol. The fraction of sp³-hybridized carbons (Fsp3) is 0.125. The summed E-state index contributed by atoms with van der Waals surface area (Å²) in [4.78, 5) is 17.7. The Hall–Kier alpha value is -1.65. The highest BCUT2D eigenvalue weighted by Crippen LogP contribution is 2.22. The van der Waals surface area contributed by atoms with Gasteiger partial charge in [-0.1, -0.05) is 6.08 Å². The van der Waals surface area contributed by atoms with Gasteiger partial charge in [0, 0.05) is 0 Å². The summed E-state index contributed by atoms with van der Waals surface area (Å²) in [5.74, 6) is -2.78. The molecule has 0 aromatic heterocycles. The number of hydrogen-bond acceptors (Lipinski definition) is 2. The predicted molar refractivity (Wildman–Crippen MR) is 43.1 cm³/mol. The Morgan fingerprint density at radius 2 is 2.15 bits per heavy atom. The van der Waals surface area contributed by atoms with Crippen LogP contribution >= 0.6 is 0 Å². The number of carbonyl (C=O) groups is 1. The summed E-state index contributed by atoms with van der Waals surface area (Å²) in [6, 6.07) is -0.655. The molecule has 1 aliphatic carbocycles. The van der Waals surface area contributed by atoms with Gasteiger partial charge >= 0.3 is 0 Å². The van der Waals surface area contributed by atoms with Crippen molar-refractivity contribution in [2.45, 2.75) is 6.04 Å². The molecule has 66 valence electrons. The first-order chi connectivity index (χ1) is 6.18.